The quantitative estimate of drug-likeness (QED) is 0.546. The van der Waals surface area contributed by atoms with Crippen LogP contribution >= 0.6 is 0 Å². The Hall–Kier alpha value is -2.05. The van der Waals surface area contributed by atoms with Crippen molar-refractivity contribution in [2.24, 2.45) is 0 Å². The largest absolute Gasteiger partial charge is 0.542 e. The minimum Gasteiger partial charge on any atom is -0.430 e. The van der Waals surface area contributed by atoms with Gasteiger partial charge in [-0.2, -0.15) is 0 Å². The second-order valence-corrected chi connectivity index (χ2v) is 3.47. The molecule has 18 heavy (non-hydrogen) atoms. The van der Waals surface area contributed by atoms with E-state index in [4.69, 9.17) is 4.74 Å². The number of rotatable bonds is 7. The van der Waals surface area contributed by atoms with Crippen molar-refractivity contribution in [1.82, 2.24) is 5.16 Å². The van der Waals surface area contributed by atoms with E-state index in [0.717, 1.165) is 12.8 Å². The molecule has 1 unspecified atom stereocenters. The monoisotopic (exact) mass is 257 g/mol. The molecular formula is C11H15NO6. The van der Waals surface area contributed by atoms with Crippen LogP contribution in [0, 0.1) is 0 Å². The Morgan fingerprint density at radius 2 is 2.39 bits per heavy atom. The van der Waals surface area contributed by atoms with Crippen molar-refractivity contribution < 1.29 is 23.2 Å². The van der Waals surface area contributed by atoms with Gasteiger partial charge in [-0.1, -0.05) is 26.0 Å². The molecule has 0 radical (unpaired) electrons. The maximum absolute atomic E-state index is 11.3. The zero-order valence-electron chi connectivity index (χ0n) is 10.1. The van der Waals surface area contributed by atoms with Crippen molar-refractivity contribution in [3.05, 3.63) is 29.2 Å². The number of hydrogen-bond acceptors (Lipinski definition) is 7. The second-order valence-electron chi connectivity index (χ2n) is 3.47. The molecule has 0 saturated carbocycles. The van der Waals surface area contributed by atoms with E-state index in [0.29, 0.717) is 6.42 Å². The maximum Gasteiger partial charge on any atom is 0.542 e. The molecule has 0 N–H and O–H groups in total. The fraction of sp³-hybridized carbons (Fsp3) is 0.545. The van der Waals surface area contributed by atoms with Crippen LogP contribution in [0.15, 0.2) is 26.4 Å². The van der Waals surface area contributed by atoms with Crippen LogP contribution in [0.25, 0.3) is 0 Å². The summed E-state index contributed by atoms with van der Waals surface area (Å²) in [7, 11) is 0. The number of nitrogens with zero attached hydrogens (tertiary/aromatic N) is 1. The lowest BCUT2D eigenvalue weighted by molar-refractivity contribution is 0.0146. The molecule has 1 aromatic heterocycles. The smallest absolute Gasteiger partial charge is 0.430 e. The van der Waals surface area contributed by atoms with E-state index in [1.54, 1.807) is 0 Å². The minimum atomic E-state index is -0.936. The van der Waals surface area contributed by atoms with Gasteiger partial charge in [-0.15, -0.1) is 0 Å². The summed E-state index contributed by atoms with van der Waals surface area (Å²) in [5.74, 6) is -1.00. The number of unbranched alkanes of at least 4 members (excludes halogenated alkanes) is 1. The van der Waals surface area contributed by atoms with Gasteiger partial charge < -0.3 is 13.9 Å². The number of carbonyl (C=O) groups excluding carboxylic acids is 1. The topological polar surface area (TPSA) is 91.8 Å². The van der Waals surface area contributed by atoms with Crippen molar-refractivity contribution in [2.45, 2.75) is 32.3 Å². The summed E-state index contributed by atoms with van der Waals surface area (Å²) in [5.41, 5.74) is 0. The van der Waals surface area contributed by atoms with Crippen molar-refractivity contribution in [1.29, 1.82) is 0 Å². The van der Waals surface area contributed by atoms with E-state index < -0.39 is 18.1 Å². The molecule has 0 spiro atoms. The molecule has 1 rings (SSSR count). The van der Waals surface area contributed by atoms with Crippen molar-refractivity contribution in [3.63, 3.8) is 0 Å². The van der Waals surface area contributed by atoms with E-state index in [-0.39, 0.29) is 12.5 Å². The van der Waals surface area contributed by atoms with E-state index in [1.807, 2.05) is 6.92 Å². The molecule has 0 aromatic carbocycles. The van der Waals surface area contributed by atoms with Gasteiger partial charge in [-0.25, -0.2) is 9.59 Å². The molecule has 0 bridgehead atoms. The van der Waals surface area contributed by atoms with Gasteiger partial charge in [0, 0.05) is 0 Å². The summed E-state index contributed by atoms with van der Waals surface area (Å²) in [6.45, 7) is 5.42. The maximum atomic E-state index is 11.3. The molecule has 100 valence electrons. The number of carbonyl (C=O) groups is 1. The highest BCUT2D eigenvalue weighted by Crippen LogP contribution is 2.21. The first-order valence-corrected chi connectivity index (χ1v) is 5.58. The highest BCUT2D eigenvalue weighted by Gasteiger charge is 2.23. The predicted octanol–water partition coefficient (Wildman–Crippen LogP) is 2.20. The van der Waals surface area contributed by atoms with Crippen molar-refractivity contribution in [2.75, 3.05) is 6.61 Å². The first kappa shape index (κ1) is 14.0. The number of aromatic nitrogens is 1. The van der Waals surface area contributed by atoms with Crippen LogP contribution < -0.4 is 5.82 Å². The Morgan fingerprint density at radius 1 is 1.61 bits per heavy atom. The van der Waals surface area contributed by atoms with Gasteiger partial charge in [0.2, 0.25) is 0 Å². The van der Waals surface area contributed by atoms with E-state index >= 15 is 0 Å². The number of hydrogen-bond donors (Lipinski definition) is 0. The average molecular weight is 257 g/mol. The molecule has 1 heterocycles. The fourth-order valence-corrected chi connectivity index (χ4v) is 1.23. The summed E-state index contributed by atoms with van der Waals surface area (Å²) >= 11 is 0. The fourth-order valence-electron chi connectivity index (χ4n) is 1.23. The average Bonchev–Trinajstić information content (AvgIpc) is 2.78. The van der Waals surface area contributed by atoms with Gasteiger partial charge >= 0.3 is 12.0 Å². The molecule has 0 amide bonds. The lowest BCUT2D eigenvalue weighted by Gasteiger charge is -2.12. The molecule has 1 atom stereocenters. The Morgan fingerprint density at radius 3 is 2.94 bits per heavy atom. The molecule has 7 heteroatoms. The SMILES string of the molecule is C=CCOC(=O)OC(CCCC)c1noc(=O)o1. The first-order chi connectivity index (χ1) is 8.67. The molecule has 7 nitrogen and oxygen atoms in total. The van der Waals surface area contributed by atoms with Gasteiger partial charge in [-0.05, 0) is 18.0 Å². The van der Waals surface area contributed by atoms with E-state index in [9.17, 15) is 9.59 Å². The Balaban J connectivity index is 2.63. The van der Waals surface area contributed by atoms with E-state index in [2.05, 4.69) is 25.4 Å². The zero-order valence-corrected chi connectivity index (χ0v) is 10.1. The van der Waals surface area contributed by atoms with Crippen LogP contribution in [0.5, 0.6) is 0 Å². The Labute approximate surface area is 103 Å². The third-order valence-corrected chi connectivity index (χ3v) is 2.05. The molecule has 0 saturated heterocycles. The molecular weight excluding hydrogens is 242 g/mol. The first-order valence-electron chi connectivity index (χ1n) is 5.58. The summed E-state index contributed by atoms with van der Waals surface area (Å²) in [5, 5.41) is 3.40. The Kier molecular flexibility index (Phi) is 5.69. The third kappa shape index (κ3) is 4.44. The normalized spacial score (nSPS) is 11.8. The minimum absolute atomic E-state index is 0.0437. The van der Waals surface area contributed by atoms with Crippen molar-refractivity contribution >= 4 is 6.16 Å². The van der Waals surface area contributed by atoms with Gasteiger partial charge in [0.15, 0.2) is 6.10 Å². The van der Waals surface area contributed by atoms with Gasteiger partial charge in [-0.3, -0.25) is 4.52 Å². The van der Waals surface area contributed by atoms with Crippen LogP contribution in [0.1, 0.15) is 38.2 Å². The molecule has 0 aliphatic carbocycles. The number of ether oxygens (including phenoxy) is 2. The van der Waals surface area contributed by atoms with Crippen LogP contribution in [0.4, 0.5) is 4.79 Å². The second kappa shape index (κ2) is 7.31. The molecule has 1 aromatic rings. The van der Waals surface area contributed by atoms with Gasteiger partial charge in [0.25, 0.3) is 5.89 Å². The van der Waals surface area contributed by atoms with Crippen LogP contribution in [0.2, 0.25) is 0 Å². The summed E-state index contributed by atoms with van der Waals surface area (Å²) in [6, 6.07) is 0. The summed E-state index contributed by atoms with van der Waals surface area (Å²) in [6.07, 6.45) is 1.89. The molecule has 0 aliphatic heterocycles. The standard InChI is InChI=1S/C11H15NO6/c1-3-5-6-8(9-12-18-11(14)17-9)16-10(13)15-7-4-2/h4,8H,2-3,5-7H2,1H3. The predicted molar refractivity (Wildman–Crippen MR) is 59.9 cm³/mol. The summed E-state index contributed by atoms with van der Waals surface area (Å²) < 4.78 is 18.6. The van der Waals surface area contributed by atoms with Crippen LogP contribution in [-0.4, -0.2) is 17.9 Å². The van der Waals surface area contributed by atoms with E-state index in [1.165, 1.54) is 6.08 Å². The molecule has 0 fully saturated rings. The van der Waals surface area contributed by atoms with Gasteiger partial charge in [0.1, 0.15) is 6.61 Å². The highest BCUT2D eigenvalue weighted by molar-refractivity contribution is 5.60. The summed E-state index contributed by atoms with van der Waals surface area (Å²) in [4.78, 5) is 22.0. The van der Waals surface area contributed by atoms with Crippen LogP contribution in [-0.2, 0) is 9.47 Å². The lowest BCUT2D eigenvalue weighted by Crippen LogP contribution is -2.13. The highest BCUT2D eigenvalue weighted by atomic mass is 16.7. The third-order valence-electron chi connectivity index (χ3n) is 2.05. The van der Waals surface area contributed by atoms with Crippen LogP contribution in [0.3, 0.4) is 0 Å². The molecule has 0 aliphatic rings. The Bertz CT molecular complexity index is 435. The lowest BCUT2D eigenvalue weighted by atomic mass is 10.1. The van der Waals surface area contributed by atoms with Crippen molar-refractivity contribution in [3.8, 4) is 0 Å². The zero-order chi connectivity index (χ0) is 13.4. The van der Waals surface area contributed by atoms with Gasteiger partial charge in [0.05, 0.1) is 0 Å².